The number of nitriles is 1. The van der Waals surface area contributed by atoms with Gasteiger partial charge in [-0.2, -0.15) is 5.26 Å². The van der Waals surface area contributed by atoms with Gasteiger partial charge in [0.15, 0.2) is 12.0 Å². The van der Waals surface area contributed by atoms with Crippen LogP contribution in [0.1, 0.15) is 17.5 Å². The molecule has 2 aliphatic rings. The SMILES string of the molecule is COC1C(Sc2cc(Br)cnc2C#N)OC2COC(c3ccccc3)OC2C1N. The molecule has 2 saturated heterocycles. The van der Waals surface area contributed by atoms with Crippen LogP contribution in [0.2, 0.25) is 0 Å². The predicted molar refractivity (Wildman–Crippen MR) is 110 cm³/mol. The highest BCUT2D eigenvalue weighted by molar-refractivity contribution is 9.10. The van der Waals surface area contributed by atoms with Crippen LogP contribution in [-0.4, -0.2) is 48.5 Å². The highest BCUT2D eigenvalue weighted by Crippen LogP contribution is 2.40. The van der Waals surface area contributed by atoms with Gasteiger partial charge in [0, 0.05) is 28.2 Å². The number of benzene rings is 1. The lowest BCUT2D eigenvalue weighted by atomic mass is 9.97. The van der Waals surface area contributed by atoms with Crippen LogP contribution in [0, 0.1) is 11.3 Å². The molecule has 2 aliphatic heterocycles. The third-order valence-electron chi connectivity index (χ3n) is 4.91. The van der Waals surface area contributed by atoms with E-state index in [2.05, 4.69) is 27.0 Å². The van der Waals surface area contributed by atoms with Crippen LogP contribution >= 0.6 is 27.7 Å². The largest absolute Gasteiger partial charge is 0.376 e. The van der Waals surface area contributed by atoms with Crippen molar-refractivity contribution in [1.82, 2.24) is 4.98 Å². The molecule has 2 fully saturated rings. The average molecular weight is 478 g/mol. The Labute approximate surface area is 181 Å². The van der Waals surface area contributed by atoms with E-state index < -0.39 is 23.9 Å². The molecule has 0 radical (unpaired) electrons. The molecule has 0 aliphatic carbocycles. The summed E-state index contributed by atoms with van der Waals surface area (Å²) in [5.41, 5.74) is 7.37. The Balaban J connectivity index is 1.53. The molecular weight excluding hydrogens is 458 g/mol. The van der Waals surface area contributed by atoms with Crippen LogP contribution in [0.15, 0.2) is 52.0 Å². The van der Waals surface area contributed by atoms with E-state index in [1.807, 2.05) is 36.4 Å². The van der Waals surface area contributed by atoms with Gasteiger partial charge in [0.25, 0.3) is 0 Å². The highest BCUT2D eigenvalue weighted by Gasteiger charge is 2.49. The molecular formula is C20H20BrN3O4S. The molecule has 7 nitrogen and oxygen atoms in total. The maximum atomic E-state index is 9.36. The van der Waals surface area contributed by atoms with E-state index in [-0.39, 0.29) is 12.2 Å². The zero-order valence-electron chi connectivity index (χ0n) is 15.6. The van der Waals surface area contributed by atoms with Crippen molar-refractivity contribution in [2.45, 2.75) is 41.0 Å². The number of halogens is 1. The minimum atomic E-state index is -0.492. The van der Waals surface area contributed by atoms with Crippen LogP contribution in [0.5, 0.6) is 0 Å². The number of aromatic nitrogens is 1. The molecule has 6 unspecified atom stereocenters. The number of ether oxygens (including phenoxy) is 4. The number of hydrogen-bond donors (Lipinski definition) is 1. The fourth-order valence-corrected chi connectivity index (χ4v) is 5.25. The van der Waals surface area contributed by atoms with Gasteiger partial charge in [0.05, 0.1) is 12.6 Å². The Morgan fingerprint density at radius 2 is 2.10 bits per heavy atom. The third-order valence-corrected chi connectivity index (χ3v) is 6.52. The zero-order valence-corrected chi connectivity index (χ0v) is 18.0. The van der Waals surface area contributed by atoms with Crippen molar-refractivity contribution in [3.8, 4) is 6.07 Å². The second-order valence-electron chi connectivity index (χ2n) is 6.73. The molecule has 6 atom stereocenters. The predicted octanol–water partition coefficient (Wildman–Crippen LogP) is 2.99. The number of fused-ring (bicyclic) bond motifs is 1. The Morgan fingerprint density at radius 3 is 2.83 bits per heavy atom. The van der Waals surface area contributed by atoms with Crippen molar-refractivity contribution < 1.29 is 18.9 Å². The number of thioether (sulfide) groups is 1. The van der Waals surface area contributed by atoms with E-state index in [1.165, 1.54) is 11.8 Å². The van der Waals surface area contributed by atoms with Crippen LogP contribution in [0.4, 0.5) is 0 Å². The van der Waals surface area contributed by atoms with Crippen LogP contribution in [0.3, 0.4) is 0 Å². The summed E-state index contributed by atoms with van der Waals surface area (Å²) in [6.07, 6.45) is -0.0344. The fraction of sp³-hybridized carbons (Fsp3) is 0.400. The minimum Gasteiger partial charge on any atom is -0.376 e. The normalized spacial score (nSPS) is 31.7. The molecule has 2 N–H and O–H groups in total. The molecule has 152 valence electrons. The maximum absolute atomic E-state index is 9.36. The van der Waals surface area contributed by atoms with E-state index in [1.54, 1.807) is 13.3 Å². The van der Waals surface area contributed by atoms with Crippen molar-refractivity contribution >= 4 is 27.7 Å². The molecule has 9 heteroatoms. The van der Waals surface area contributed by atoms with Crippen molar-refractivity contribution in [3.63, 3.8) is 0 Å². The Bertz CT molecular complexity index is 897. The first-order valence-electron chi connectivity index (χ1n) is 9.09. The molecule has 0 bridgehead atoms. The van der Waals surface area contributed by atoms with Gasteiger partial charge in [-0.05, 0) is 22.0 Å². The van der Waals surface area contributed by atoms with Gasteiger partial charge in [-0.15, -0.1) is 0 Å². The Morgan fingerprint density at radius 1 is 1.31 bits per heavy atom. The monoisotopic (exact) mass is 477 g/mol. The summed E-state index contributed by atoms with van der Waals surface area (Å²) in [6, 6.07) is 13.3. The van der Waals surface area contributed by atoms with Crippen LogP contribution in [0.25, 0.3) is 0 Å². The zero-order chi connectivity index (χ0) is 20.4. The second-order valence-corrected chi connectivity index (χ2v) is 8.78. The second kappa shape index (κ2) is 9.10. The fourth-order valence-electron chi connectivity index (χ4n) is 3.49. The van der Waals surface area contributed by atoms with Crippen LogP contribution < -0.4 is 5.73 Å². The third kappa shape index (κ3) is 4.34. The highest BCUT2D eigenvalue weighted by atomic mass is 79.9. The van der Waals surface area contributed by atoms with E-state index >= 15 is 0 Å². The number of pyridine rings is 1. The summed E-state index contributed by atoms with van der Waals surface area (Å²) < 4.78 is 24.7. The van der Waals surface area contributed by atoms with Gasteiger partial charge in [-0.3, -0.25) is 0 Å². The first-order valence-corrected chi connectivity index (χ1v) is 10.8. The smallest absolute Gasteiger partial charge is 0.184 e. The molecule has 1 aromatic heterocycles. The topological polar surface area (TPSA) is 99.6 Å². The van der Waals surface area contributed by atoms with E-state index in [0.717, 1.165) is 10.0 Å². The van der Waals surface area contributed by atoms with E-state index in [0.29, 0.717) is 17.2 Å². The summed E-state index contributed by atoms with van der Waals surface area (Å²) in [5.74, 6) is 0. The number of nitrogens with two attached hydrogens (primary N) is 1. The maximum Gasteiger partial charge on any atom is 0.184 e. The molecule has 29 heavy (non-hydrogen) atoms. The quantitative estimate of drug-likeness (QED) is 0.716. The molecule has 1 aromatic carbocycles. The number of rotatable bonds is 4. The van der Waals surface area contributed by atoms with Crippen LogP contribution in [-0.2, 0) is 18.9 Å². The van der Waals surface area contributed by atoms with Gasteiger partial charge in [-0.1, -0.05) is 42.1 Å². The first-order chi connectivity index (χ1) is 14.1. The number of methoxy groups -OCH3 is 1. The number of nitrogens with zero attached hydrogens (tertiary/aromatic N) is 2. The molecule has 2 aromatic rings. The molecule has 0 spiro atoms. The lowest BCUT2D eigenvalue weighted by Crippen LogP contribution is -2.64. The summed E-state index contributed by atoms with van der Waals surface area (Å²) in [5, 5.41) is 9.36. The summed E-state index contributed by atoms with van der Waals surface area (Å²) in [7, 11) is 1.60. The van der Waals surface area contributed by atoms with E-state index in [4.69, 9.17) is 24.7 Å². The van der Waals surface area contributed by atoms with Crippen molar-refractivity contribution in [1.29, 1.82) is 5.26 Å². The van der Waals surface area contributed by atoms with Gasteiger partial charge in [0.1, 0.15) is 29.8 Å². The van der Waals surface area contributed by atoms with Crippen molar-refractivity contribution in [2.24, 2.45) is 5.73 Å². The molecule has 3 heterocycles. The average Bonchev–Trinajstić information content (AvgIpc) is 2.75. The van der Waals surface area contributed by atoms with E-state index in [9.17, 15) is 5.26 Å². The minimum absolute atomic E-state index is 0.327. The van der Waals surface area contributed by atoms with Gasteiger partial charge >= 0.3 is 0 Å². The van der Waals surface area contributed by atoms with Gasteiger partial charge in [0.2, 0.25) is 0 Å². The molecule has 0 saturated carbocycles. The van der Waals surface area contributed by atoms with Crippen molar-refractivity contribution in [2.75, 3.05) is 13.7 Å². The van der Waals surface area contributed by atoms with Gasteiger partial charge < -0.3 is 24.7 Å². The van der Waals surface area contributed by atoms with Crippen molar-refractivity contribution in [3.05, 3.63) is 58.3 Å². The Kier molecular flexibility index (Phi) is 6.51. The Hall–Kier alpha value is -1.51. The summed E-state index contributed by atoms with van der Waals surface area (Å²) in [4.78, 5) is 4.85. The first kappa shape index (κ1) is 20.8. The lowest BCUT2D eigenvalue weighted by Gasteiger charge is -2.48. The molecule has 4 rings (SSSR count). The number of hydrogen-bond acceptors (Lipinski definition) is 8. The van der Waals surface area contributed by atoms with Gasteiger partial charge in [-0.25, -0.2) is 4.98 Å². The summed E-state index contributed by atoms with van der Waals surface area (Å²) in [6.45, 7) is 0.354. The molecule has 0 amide bonds. The lowest BCUT2D eigenvalue weighted by molar-refractivity contribution is -0.298. The summed E-state index contributed by atoms with van der Waals surface area (Å²) >= 11 is 4.76. The standard InChI is InChI=1S/C20H20BrN3O4S/c1-25-18-16(23)17-14(10-26-19(28-17)11-5-3-2-4-6-11)27-20(18)29-15-7-12(21)9-24-13(15)8-22/h2-7,9,14,16-20H,10,23H2,1H3.